The molecule has 7 heteroatoms. The van der Waals surface area contributed by atoms with Gasteiger partial charge in [0.15, 0.2) is 5.75 Å². The smallest absolute Gasteiger partial charge is 0.223 e. The highest BCUT2D eigenvalue weighted by molar-refractivity contribution is 5.30. The normalized spacial score (nSPS) is 17.0. The second-order valence-corrected chi connectivity index (χ2v) is 5.54. The van der Waals surface area contributed by atoms with Crippen molar-refractivity contribution in [2.24, 2.45) is 0 Å². The first-order valence-electron chi connectivity index (χ1n) is 7.71. The molecule has 0 aromatic carbocycles. The molecule has 0 bridgehead atoms. The van der Waals surface area contributed by atoms with Crippen molar-refractivity contribution in [3.05, 3.63) is 27.7 Å². The molecule has 1 aliphatic heterocycles. The van der Waals surface area contributed by atoms with Crippen molar-refractivity contribution >= 4 is 0 Å². The quantitative estimate of drug-likeness (QED) is 0.636. The monoisotopic (exact) mass is 311 g/mol. The number of hydrogen-bond donors (Lipinski definition) is 3. The van der Waals surface area contributed by atoms with Gasteiger partial charge in [0, 0.05) is 57.6 Å². The van der Waals surface area contributed by atoms with Crippen molar-refractivity contribution in [3.8, 4) is 5.75 Å². The molecule has 3 N–H and O–H groups in total. The van der Waals surface area contributed by atoms with Crippen molar-refractivity contribution in [3.63, 3.8) is 0 Å². The molecule has 2 rings (SSSR count). The first kappa shape index (κ1) is 17.0. The summed E-state index contributed by atoms with van der Waals surface area (Å²) in [5.74, 6) is -0.225. The lowest BCUT2D eigenvalue weighted by molar-refractivity contribution is 0.106. The van der Waals surface area contributed by atoms with Crippen molar-refractivity contribution in [2.45, 2.75) is 26.6 Å². The maximum absolute atomic E-state index is 11.8. The summed E-state index contributed by atoms with van der Waals surface area (Å²) in [4.78, 5) is 16.2. The minimum atomic E-state index is -0.442. The molecule has 1 aromatic rings. The molecule has 2 heterocycles. The number of piperazine rings is 1. The van der Waals surface area contributed by atoms with Crippen LogP contribution in [0.15, 0.2) is 10.9 Å². The van der Waals surface area contributed by atoms with E-state index in [-0.39, 0.29) is 19.0 Å². The van der Waals surface area contributed by atoms with E-state index in [9.17, 15) is 15.0 Å². The van der Waals surface area contributed by atoms with Crippen LogP contribution in [0.4, 0.5) is 0 Å². The van der Waals surface area contributed by atoms with Crippen LogP contribution in [0, 0.1) is 0 Å². The zero-order valence-electron chi connectivity index (χ0n) is 13.0. The Balaban J connectivity index is 2.16. The largest absolute Gasteiger partial charge is 0.503 e. The van der Waals surface area contributed by atoms with Gasteiger partial charge >= 0.3 is 0 Å². The number of nitrogens with zero attached hydrogens (tertiary/aromatic N) is 3. The summed E-state index contributed by atoms with van der Waals surface area (Å²) in [6, 6.07) is 1.29. The zero-order chi connectivity index (χ0) is 16.1. The Labute approximate surface area is 130 Å². The maximum atomic E-state index is 11.8. The van der Waals surface area contributed by atoms with E-state index in [0.717, 1.165) is 26.2 Å². The predicted octanol–water partition coefficient (Wildman–Crippen LogP) is -0.824. The number of rotatable bonds is 6. The highest BCUT2D eigenvalue weighted by atomic mass is 16.3. The first-order chi connectivity index (χ1) is 10.6. The molecule has 0 amide bonds. The Morgan fingerprint density at radius 2 is 1.77 bits per heavy atom. The topological polar surface area (TPSA) is 89.2 Å². The number of hydrogen-bond acceptors (Lipinski definition) is 6. The van der Waals surface area contributed by atoms with Gasteiger partial charge < -0.3 is 19.9 Å². The lowest BCUT2D eigenvalue weighted by atomic mass is 10.2. The Hall–Kier alpha value is -1.41. The van der Waals surface area contributed by atoms with Crippen LogP contribution in [0.3, 0.4) is 0 Å². The van der Waals surface area contributed by atoms with Crippen molar-refractivity contribution in [1.29, 1.82) is 0 Å². The third-order valence-electron chi connectivity index (χ3n) is 4.21. The van der Waals surface area contributed by atoms with Gasteiger partial charge in [-0.1, -0.05) is 0 Å². The third kappa shape index (κ3) is 3.67. The van der Waals surface area contributed by atoms with Gasteiger partial charge in [0.1, 0.15) is 0 Å². The summed E-state index contributed by atoms with van der Waals surface area (Å²) in [5, 5.41) is 28.5. The van der Waals surface area contributed by atoms with E-state index in [0.29, 0.717) is 31.0 Å². The number of aromatic hydroxyl groups is 1. The molecule has 0 spiro atoms. The second kappa shape index (κ2) is 7.73. The molecule has 0 unspecified atom stereocenters. The van der Waals surface area contributed by atoms with E-state index < -0.39 is 5.43 Å². The Kier molecular flexibility index (Phi) is 5.96. The second-order valence-electron chi connectivity index (χ2n) is 5.54. The fourth-order valence-corrected chi connectivity index (χ4v) is 2.95. The number of aliphatic hydroxyl groups is 2. The van der Waals surface area contributed by atoms with Crippen molar-refractivity contribution < 1.29 is 15.3 Å². The SMILES string of the molecule is CCn1c(CO)cc(=O)c(O)c1CN1CCN(CCO)CC1. The van der Waals surface area contributed by atoms with Gasteiger partial charge in [-0.15, -0.1) is 0 Å². The molecule has 0 aliphatic carbocycles. The third-order valence-corrected chi connectivity index (χ3v) is 4.21. The highest BCUT2D eigenvalue weighted by Crippen LogP contribution is 2.18. The predicted molar refractivity (Wildman–Crippen MR) is 82.8 cm³/mol. The van der Waals surface area contributed by atoms with Crippen LogP contribution >= 0.6 is 0 Å². The average molecular weight is 311 g/mol. The number of β-amino-alcohol motifs (C(OH)–C–C–N with tert-alkyl or cyclic N) is 1. The van der Waals surface area contributed by atoms with Gasteiger partial charge in [0.2, 0.25) is 5.43 Å². The molecule has 1 saturated heterocycles. The highest BCUT2D eigenvalue weighted by Gasteiger charge is 2.20. The van der Waals surface area contributed by atoms with Gasteiger partial charge in [-0.05, 0) is 6.92 Å². The fourth-order valence-electron chi connectivity index (χ4n) is 2.95. The van der Waals surface area contributed by atoms with E-state index in [1.54, 1.807) is 4.57 Å². The number of aromatic nitrogens is 1. The summed E-state index contributed by atoms with van der Waals surface area (Å²) >= 11 is 0. The average Bonchev–Trinajstić information content (AvgIpc) is 2.53. The van der Waals surface area contributed by atoms with Crippen LogP contribution in [-0.4, -0.2) is 69.0 Å². The van der Waals surface area contributed by atoms with Crippen molar-refractivity contribution in [2.75, 3.05) is 39.3 Å². The first-order valence-corrected chi connectivity index (χ1v) is 7.71. The minimum Gasteiger partial charge on any atom is -0.503 e. The van der Waals surface area contributed by atoms with E-state index in [4.69, 9.17) is 5.11 Å². The van der Waals surface area contributed by atoms with E-state index in [2.05, 4.69) is 9.80 Å². The van der Waals surface area contributed by atoms with E-state index >= 15 is 0 Å². The van der Waals surface area contributed by atoms with Crippen LogP contribution in [0.1, 0.15) is 18.3 Å². The molecule has 124 valence electrons. The molecule has 22 heavy (non-hydrogen) atoms. The molecule has 1 aliphatic rings. The standard InChI is InChI=1S/C15H25N3O4/c1-2-18-12(11-20)9-14(21)15(22)13(18)10-17-5-3-16(4-6-17)7-8-19/h9,19-20,22H,2-8,10-11H2,1H3. The molecule has 0 atom stereocenters. The summed E-state index contributed by atoms with van der Waals surface area (Å²) in [5.41, 5.74) is 0.650. The lowest BCUT2D eigenvalue weighted by Crippen LogP contribution is -2.47. The minimum absolute atomic E-state index is 0.161. The van der Waals surface area contributed by atoms with Gasteiger partial charge in [-0.25, -0.2) is 0 Å². The number of aliphatic hydroxyl groups excluding tert-OH is 2. The fraction of sp³-hybridized carbons (Fsp3) is 0.667. The summed E-state index contributed by atoms with van der Waals surface area (Å²) in [6.07, 6.45) is 0. The Morgan fingerprint density at radius 3 is 2.32 bits per heavy atom. The van der Waals surface area contributed by atoms with Gasteiger partial charge in [-0.3, -0.25) is 14.6 Å². The van der Waals surface area contributed by atoms with E-state index in [1.807, 2.05) is 6.92 Å². The van der Waals surface area contributed by atoms with Crippen LogP contribution in [0.2, 0.25) is 0 Å². The lowest BCUT2D eigenvalue weighted by Gasteiger charge is -2.35. The van der Waals surface area contributed by atoms with Gasteiger partial charge in [-0.2, -0.15) is 0 Å². The molecule has 0 radical (unpaired) electrons. The molecule has 0 saturated carbocycles. The Bertz CT molecular complexity index is 550. The maximum Gasteiger partial charge on any atom is 0.223 e. The zero-order valence-corrected chi connectivity index (χ0v) is 13.0. The molecular weight excluding hydrogens is 286 g/mol. The van der Waals surface area contributed by atoms with Gasteiger partial charge in [0.05, 0.1) is 18.9 Å². The molecule has 1 fully saturated rings. The summed E-state index contributed by atoms with van der Waals surface area (Å²) in [6.45, 7) is 6.97. The Morgan fingerprint density at radius 1 is 1.14 bits per heavy atom. The van der Waals surface area contributed by atoms with Crippen LogP contribution in [-0.2, 0) is 19.7 Å². The summed E-state index contributed by atoms with van der Waals surface area (Å²) in [7, 11) is 0. The van der Waals surface area contributed by atoms with Crippen LogP contribution < -0.4 is 5.43 Å². The summed E-state index contributed by atoms with van der Waals surface area (Å²) < 4.78 is 1.80. The van der Waals surface area contributed by atoms with Crippen LogP contribution in [0.5, 0.6) is 5.75 Å². The number of pyridine rings is 1. The van der Waals surface area contributed by atoms with Gasteiger partial charge in [0.25, 0.3) is 0 Å². The molecular formula is C15H25N3O4. The van der Waals surface area contributed by atoms with E-state index in [1.165, 1.54) is 6.07 Å². The molecule has 7 nitrogen and oxygen atoms in total. The van der Waals surface area contributed by atoms with Crippen molar-refractivity contribution in [1.82, 2.24) is 14.4 Å². The van der Waals surface area contributed by atoms with Crippen LogP contribution in [0.25, 0.3) is 0 Å². The molecule has 1 aromatic heterocycles.